The summed E-state index contributed by atoms with van der Waals surface area (Å²) >= 11 is 0. The molecule has 0 radical (unpaired) electrons. The highest BCUT2D eigenvalue weighted by Gasteiger charge is 2.24. The van der Waals surface area contributed by atoms with Gasteiger partial charge in [-0.05, 0) is 83.7 Å². The van der Waals surface area contributed by atoms with E-state index in [-0.39, 0.29) is 0 Å². The first-order valence-corrected chi connectivity index (χ1v) is 9.35. The fourth-order valence-electron chi connectivity index (χ4n) is 3.79. The van der Waals surface area contributed by atoms with Crippen LogP contribution in [0.5, 0.6) is 0 Å². The molecule has 2 aliphatic rings. The topological polar surface area (TPSA) is 64.1 Å². The molecule has 0 saturated heterocycles. The maximum absolute atomic E-state index is 8.92. The SMILES string of the molecule is C=N/C(C#N)=C/C1CCC(N=NC2CCC(N(C)CC)CC2)CC1. The van der Waals surface area contributed by atoms with Crippen molar-refractivity contribution < 1.29 is 0 Å². The molecule has 0 atom stereocenters. The van der Waals surface area contributed by atoms with Crippen LogP contribution in [-0.4, -0.2) is 43.3 Å². The van der Waals surface area contributed by atoms with Crippen molar-refractivity contribution in [3.8, 4) is 6.07 Å². The molecule has 132 valence electrons. The lowest BCUT2D eigenvalue weighted by Crippen LogP contribution is -2.35. The molecule has 0 unspecified atom stereocenters. The Morgan fingerprint density at radius 1 is 1.08 bits per heavy atom. The summed E-state index contributed by atoms with van der Waals surface area (Å²) in [5, 5.41) is 18.2. The van der Waals surface area contributed by atoms with E-state index in [0.717, 1.165) is 38.3 Å². The summed E-state index contributed by atoms with van der Waals surface area (Å²) in [6.07, 6.45) is 11.1. The van der Waals surface area contributed by atoms with Gasteiger partial charge in [-0.15, -0.1) is 0 Å². The summed E-state index contributed by atoms with van der Waals surface area (Å²) in [4.78, 5) is 6.20. The first-order valence-electron chi connectivity index (χ1n) is 9.35. The molecule has 5 nitrogen and oxygen atoms in total. The van der Waals surface area contributed by atoms with Crippen molar-refractivity contribution in [3.05, 3.63) is 11.8 Å². The minimum absolute atomic E-state index is 0.368. The zero-order valence-electron chi connectivity index (χ0n) is 15.2. The van der Waals surface area contributed by atoms with Gasteiger partial charge in [-0.2, -0.15) is 15.5 Å². The third-order valence-corrected chi connectivity index (χ3v) is 5.60. The van der Waals surface area contributed by atoms with Crippen LogP contribution >= 0.6 is 0 Å². The van der Waals surface area contributed by atoms with Gasteiger partial charge in [-0.1, -0.05) is 6.92 Å². The van der Waals surface area contributed by atoms with Gasteiger partial charge in [-0.25, -0.2) is 0 Å². The molecule has 0 spiro atoms. The number of aliphatic imine (C=N–C) groups is 1. The van der Waals surface area contributed by atoms with Crippen LogP contribution in [0.2, 0.25) is 0 Å². The first kappa shape index (κ1) is 18.8. The van der Waals surface area contributed by atoms with E-state index in [0.29, 0.717) is 23.7 Å². The van der Waals surface area contributed by atoms with Crippen LogP contribution in [0.1, 0.15) is 58.3 Å². The zero-order chi connectivity index (χ0) is 17.4. The second-order valence-corrected chi connectivity index (χ2v) is 7.16. The van der Waals surface area contributed by atoms with Gasteiger partial charge in [0, 0.05) is 6.04 Å². The monoisotopic (exact) mass is 329 g/mol. The Balaban J connectivity index is 1.73. The van der Waals surface area contributed by atoms with Crippen molar-refractivity contribution in [1.29, 1.82) is 5.26 Å². The molecule has 2 rings (SSSR count). The van der Waals surface area contributed by atoms with Crippen LogP contribution in [0.25, 0.3) is 0 Å². The van der Waals surface area contributed by atoms with Gasteiger partial charge in [0.2, 0.25) is 0 Å². The molecule has 0 N–H and O–H groups in total. The maximum atomic E-state index is 8.92. The van der Waals surface area contributed by atoms with E-state index in [9.17, 15) is 0 Å². The number of azo groups is 1. The van der Waals surface area contributed by atoms with Crippen LogP contribution in [0, 0.1) is 17.2 Å². The van der Waals surface area contributed by atoms with Gasteiger partial charge >= 0.3 is 0 Å². The van der Waals surface area contributed by atoms with Crippen molar-refractivity contribution in [2.24, 2.45) is 21.1 Å². The third-order valence-electron chi connectivity index (χ3n) is 5.60. The Morgan fingerprint density at radius 2 is 1.62 bits per heavy atom. The van der Waals surface area contributed by atoms with Crippen molar-refractivity contribution in [1.82, 2.24) is 4.90 Å². The predicted octanol–water partition coefficient (Wildman–Crippen LogP) is 4.37. The lowest BCUT2D eigenvalue weighted by atomic mass is 9.86. The normalized spacial score (nSPS) is 32.0. The van der Waals surface area contributed by atoms with E-state index in [1.54, 1.807) is 0 Å². The van der Waals surface area contributed by atoms with Crippen molar-refractivity contribution in [2.45, 2.75) is 76.4 Å². The highest BCUT2D eigenvalue weighted by atomic mass is 15.2. The van der Waals surface area contributed by atoms with E-state index in [1.165, 1.54) is 25.7 Å². The fourth-order valence-corrected chi connectivity index (χ4v) is 3.79. The van der Waals surface area contributed by atoms with Crippen LogP contribution in [0.15, 0.2) is 27.0 Å². The Kier molecular flexibility index (Phi) is 7.58. The number of hydrogen-bond donors (Lipinski definition) is 0. The molecule has 0 aliphatic heterocycles. The number of allylic oxidation sites excluding steroid dienone is 2. The number of hydrogen-bond acceptors (Lipinski definition) is 5. The first-order chi connectivity index (χ1) is 11.7. The summed E-state index contributed by atoms with van der Waals surface area (Å²) in [5.74, 6) is 0.441. The molecule has 0 aromatic carbocycles. The molecule has 0 heterocycles. The van der Waals surface area contributed by atoms with Crippen molar-refractivity contribution in [2.75, 3.05) is 13.6 Å². The molecule has 0 aromatic rings. The number of nitriles is 1. The van der Waals surface area contributed by atoms with Gasteiger partial charge in [0.05, 0.1) is 12.1 Å². The fraction of sp³-hybridized carbons (Fsp3) is 0.789. The average Bonchev–Trinajstić information content (AvgIpc) is 2.65. The molecule has 0 bridgehead atoms. The molecule has 5 heteroatoms. The van der Waals surface area contributed by atoms with E-state index in [4.69, 9.17) is 5.26 Å². The summed E-state index contributed by atoms with van der Waals surface area (Å²) in [5.41, 5.74) is 0.453. The molecule has 24 heavy (non-hydrogen) atoms. The van der Waals surface area contributed by atoms with Gasteiger partial charge < -0.3 is 4.90 Å². The van der Waals surface area contributed by atoms with E-state index in [2.05, 4.69) is 46.9 Å². The van der Waals surface area contributed by atoms with E-state index >= 15 is 0 Å². The molecule has 2 aliphatic carbocycles. The Bertz CT molecular complexity index is 488. The lowest BCUT2D eigenvalue weighted by molar-refractivity contribution is 0.189. The molecule has 2 saturated carbocycles. The van der Waals surface area contributed by atoms with E-state index in [1.807, 2.05) is 6.08 Å². The van der Waals surface area contributed by atoms with Gasteiger partial charge in [0.1, 0.15) is 11.8 Å². The minimum Gasteiger partial charge on any atom is -0.304 e. The maximum Gasteiger partial charge on any atom is 0.136 e. The predicted molar refractivity (Wildman–Crippen MR) is 98.2 cm³/mol. The highest BCUT2D eigenvalue weighted by molar-refractivity contribution is 5.34. The Morgan fingerprint density at radius 3 is 2.08 bits per heavy atom. The van der Waals surface area contributed by atoms with Gasteiger partial charge in [0.15, 0.2) is 0 Å². The molecule has 0 aromatic heterocycles. The van der Waals surface area contributed by atoms with Crippen molar-refractivity contribution in [3.63, 3.8) is 0 Å². The highest BCUT2D eigenvalue weighted by Crippen LogP contribution is 2.30. The smallest absolute Gasteiger partial charge is 0.136 e. The number of rotatable bonds is 6. The van der Waals surface area contributed by atoms with Crippen LogP contribution in [-0.2, 0) is 0 Å². The quantitative estimate of drug-likeness (QED) is 0.412. The van der Waals surface area contributed by atoms with Crippen LogP contribution in [0.3, 0.4) is 0 Å². The minimum atomic E-state index is 0.368. The standard InChI is InChI=1S/C19H31N5/c1-4-24(3)19-11-9-17(10-12-19)23-22-16-7-5-15(6-8-16)13-18(14-20)21-2/h13,15-17,19H,2,4-12H2,1,3H3/b18-13+,23-22?. The second-order valence-electron chi connectivity index (χ2n) is 7.16. The zero-order valence-corrected chi connectivity index (χ0v) is 15.2. The Labute approximate surface area is 146 Å². The second kappa shape index (κ2) is 9.68. The van der Waals surface area contributed by atoms with E-state index < -0.39 is 0 Å². The summed E-state index contributed by atoms with van der Waals surface area (Å²) in [6.45, 7) is 6.79. The molecular formula is C19H31N5. The molecule has 0 amide bonds. The molecular weight excluding hydrogens is 298 g/mol. The van der Waals surface area contributed by atoms with Gasteiger partial charge in [-0.3, -0.25) is 4.99 Å². The largest absolute Gasteiger partial charge is 0.304 e. The lowest BCUT2D eigenvalue weighted by Gasteiger charge is -2.32. The summed E-state index contributed by atoms with van der Waals surface area (Å²) in [6, 6.07) is 3.61. The Hall–Kier alpha value is -1.54. The van der Waals surface area contributed by atoms with Crippen LogP contribution in [0.4, 0.5) is 0 Å². The molecule has 2 fully saturated rings. The summed E-state index contributed by atoms with van der Waals surface area (Å²) in [7, 11) is 2.22. The summed E-state index contributed by atoms with van der Waals surface area (Å²) < 4.78 is 0. The average molecular weight is 329 g/mol. The van der Waals surface area contributed by atoms with Crippen molar-refractivity contribution >= 4 is 6.72 Å². The third kappa shape index (κ3) is 5.52. The van der Waals surface area contributed by atoms with Crippen LogP contribution < -0.4 is 0 Å². The van der Waals surface area contributed by atoms with Gasteiger partial charge in [0.25, 0.3) is 0 Å². The number of nitrogens with zero attached hydrogens (tertiary/aromatic N) is 5.